The van der Waals surface area contributed by atoms with Gasteiger partial charge in [-0.05, 0) is 54.1 Å². The molecule has 4 rings (SSSR count). The van der Waals surface area contributed by atoms with Crippen molar-refractivity contribution in [3.63, 3.8) is 0 Å². The number of hydrogen-bond acceptors (Lipinski definition) is 4. The molecule has 0 radical (unpaired) electrons. The highest BCUT2D eigenvalue weighted by Gasteiger charge is 2.20. The maximum atomic E-state index is 12.9. The first-order valence-corrected chi connectivity index (χ1v) is 9.05. The van der Waals surface area contributed by atoms with Gasteiger partial charge in [0.05, 0.1) is 19.1 Å². The van der Waals surface area contributed by atoms with E-state index in [1.54, 1.807) is 41.3 Å². The summed E-state index contributed by atoms with van der Waals surface area (Å²) in [6.45, 7) is 0.357. The first kappa shape index (κ1) is 18.3. The Balaban J connectivity index is 1.51. The number of para-hydroxylation sites is 1. The Morgan fingerprint density at radius 3 is 2.03 bits per heavy atom. The number of carbonyl (C=O) groups excluding carboxylic acids is 2. The van der Waals surface area contributed by atoms with Crippen molar-refractivity contribution in [2.75, 3.05) is 10.2 Å². The van der Waals surface area contributed by atoms with Gasteiger partial charge < -0.3 is 19.1 Å². The number of furan rings is 2. The Morgan fingerprint density at radius 1 is 0.759 bits per heavy atom. The van der Waals surface area contributed by atoms with Crippen LogP contribution in [0.25, 0.3) is 0 Å². The van der Waals surface area contributed by atoms with E-state index in [2.05, 4.69) is 5.32 Å². The number of rotatable bonds is 6. The van der Waals surface area contributed by atoms with Gasteiger partial charge in [0.25, 0.3) is 11.8 Å². The van der Waals surface area contributed by atoms with Crippen LogP contribution in [0.3, 0.4) is 0 Å². The lowest BCUT2D eigenvalue weighted by atomic mass is 10.1. The van der Waals surface area contributed by atoms with E-state index in [-0.39, 0.29) is 23.3 Å². The molecule has 0 aliphatic heterocycles. The molecule has 4 aromatic rings. The zero-order valence-corrected chi connectivity index (χ0v) is 15.4. The molecule has 2 heterocycles. The third kappa shape index (κ3) is 4.27. The molecule has 2 aromatic heterocycles. The van der Waals surface area contributed by atoms with Gasteiger partial charge in [0, 0.05) is 11.4 Å². The number of nitrogens with zero attached hydrogens (tertiary/aromatic N) is 1. The SMILES string of the molecule is O=C(Nc1ccc(CN(C(=O)c2ccco2)c2ccccc2)cc1)c1ccco1. The minimum atomic E-state index is -0.318. The van der Waals surface area contributed by atoms with Crippen LogP contribution in [0.1, 0.15) is 26.7 Å². The van der Waals surface area contributed by atoms with E-state index in [0.29, 0.717) is 12.2 Å². The fourth-order valence-electron chi connectivity index (χ4n) is 2.90. The van der Waals surface area contributed by atoms with E-state index in [0.717, 1.165) is 11.3 Å². The van der Waals surface area contributed by atoms with Gasteiger partial charge in [-0.3, -0.25) is 9.59 Å². The van der Waals surface area contributed by atoms with Crippen LogP contribution in [0.5, 0.6) is 0 Å². The quantitative estimate of drug-likeness (QED) is 0.507. The first-order chi connectivity index (χ1) is 14.2. The molecule has 0 atom stereocenters. The molecule has 0 unspecified atom stereocenters. The van der Waals surface area contributed by atoms with Gasteiger partial charge >= 0.3 is 0 Å². The summed E-state index contributed by atoms with van der Waals surface area (Å²) in [6.07, 6.45) is 2.93. The third-order valence-corrected chi connectivity index (χ3v) is 4.34. The Bertz CT molecular complexity index is 1070. The largest absolute Gasteiger partial charge is 0.459 e. The third-order valence-electron chi connectivity index (χ3n) is 4.34. The fraction of sp³-hybridized carbons (Fsp3) is 0.0435. The van der Waals surface area contributed by atoms with E-state index in [9.17, 15) is 9.59 Å². The second kappa shape index (κ2) is 8.31. The van der Waals surface area contributed by atoms with Crippen molar-refractivity contribution in [2.24, 2.45) is 0 Å². The zero-order chi connectivity index (χ0) is 20.1. The highest BCUT2D eigenvalue weighted by Crippen LogP contribution is 2.21. The molecular formula is C23H18N2O4. The summed E-state index contributed by atoms with van der Waals surface area (Å²) >= 11 is 0. The predicted molar refractivity (Wildman–Crippen MR) is 109 cm³/mol. The summed E-state index contributed by atoms with van der Waals surface area (Å²) < 4.78 is 10.4. The molecule has 0 bridgehead atoms. The maximum Gasteiger partial charge on any atom is 0.294 e. The fourth-order valence-corrected chi connectivity index (χ4v) is 2.90. The lowest BCUT2D eigenvalue weighted by Gasteiger charge is -2.22. The molecule has 2 aromatic carbocycles. The second-order valence-corrected chi connectivity index (χ2v) is 6.33. The topological polar surface area (TPSA) is 75.7 Å². The van der Waals surface area contributed by atoms with Crippen molar-refractivity contribution in [1.29, 1.82) is 0 Å². The van der Waals surface area contributed by atoms with E-state index in [1.807, 2.05) is 42.5 Å². The molecule has 144 valence electrons. The van der Waals surface area contributed by atoms with Gasteiger partial charge in [-0.2, -0.15) is 0 Å². The van der Waals surface area contributed by atoms with Crippen LogP contribution in [0.4, 0.5) is 11.4 Å². The molecule has 0 aliphatic carbocycles. The van der Waals surface area contributed by atoms with Crippen molar-refractivity contribution >= 4 is 23.2 Å². The molecular weight excluding hydrogens is 368 g/mol. The minimum Gasteiger partial charge on any atom is -0.459 e. The molecule has 6 heteroatoms. The van der Waals surface area contributed by atoms with E-state index in [1.165, 1.54) is 12.5 Å². The van der Waals surface area contributed by atoms with Gasteiger partial charge in [-0.15, -0.1) is 0 Å². The Kier molecular flexibility index (Phi) is 5.25. The molecule has 29 heavy (non-hydrogen) atoms. The van der Waals surface area contributed by atoms with Crippen LogP contribution in [0, 0.1) is 0 Å². The zero-order valence-electron chi connectivity index (χ0n) is 15.4. The Labute approximate surface area is 167 Å². The van der Waals surface area contributed by atoms with E-state index < -0.39 is 0 Å². The van der Waals surface area contributed by atoms with E-state index >= 15 is 0 Å². The first-order valence-electron chi connectivity index (χ1n) is 9.05. The molecule has 0 fully saturated rings. The highest BCUT2D eigenvalue weighted by atomic mass is 16.3. The summed E-state index contributed by atoms with van der Waals surface area (Å²) in [5.74, 6) is -0.0254. The van der Waals surface area contributed by atoms with Gasteiger partial charge in [0.2, 0.25) is 0 Å². The van der Waals surface area contributed by atoms with Gasteiger partial charge in [-0.25, -0.2) is 0 Å². The molecule has 0 spiro atoms. The minimum absolute atomic E-state index is 0.226. The molecule has 2 amide bonds. The molecule has 0 aliphatic rings. The second-order valence-electron chi connectivity index (χ2n) is 6.33. The van der Waals surface area contributed by atoms with Crippen LogP contribution in [0.2, 0.25) is 0 Å². The Morgan fingerprint density at radius 2 is 1.41 bits per heavy atom. The predicted octanol–water partition coefficient (Wildman–Crippen LogP) is 4.97. The average molecular weight is 386 g/mol. The van der Waals surface area contributed by atoms with E-state index in [4.69, 9.17) is 8.83 Å². The molecule has 6 nitrogen and oxygen atoms in total. The lowest BCUT2D eigenvalue weighted by Crippen LogP contribution is -2.30. The normalized spacial score (nSPS) is 10.5. The Hall–Kier alpha value is -4.06. The van der Waals surface area contributed by atoms with Gasteiger partial charge in [0.1, 0.15) is 0 Å². The number of benzene rings is 2. The van der Waals surface area contributed by atoms with Crippen molar-refractivity contribution in [2.45, 2.75) is 6.54 Å². The van der Waals surface area contributed by atoms with Crippen LogP contribution >= 0.6 is 0 Å². The van der Waals surface area contributed by atoms with Crippen molar-refractivity contribution in [1.82, 2.24) is 0 Å². The van der Waals surface area contributed by atoms with Crippen molar-refractivity contribution in [3.8, 4) is 0 Å². The molecule has 1 N–H and O–H groups in total. The summed E-state index contributed by atoms with van der Waals surface area (Å²) in [5, 5.41) is 2.77. The van der Waals surface area contributed by atoms with Gasteiger partial charge in [-0.1, -0.05) is 30.3 Å². The summed E-state index contributed by atoms with van der Waals surface area (Å²) in [4.78, 5) is 26.6. The number of amides is 2. The summed E-state index contributed by atoms with van der Waals surface area (Å²) in [6, 6.07) is 23.3. The number of carbonyl (C=O) groups is 2. The van der Waals surface area contributed by atoms with Crippen LogP contribution < -0.4 is 10.2 Å². The lowest BCUT2D eigenvalue weighted by molar-refractivity contribution is 0.0957. The highest BCUT2D eigenvalue weighted by molar-refractivity contribution is 6.04. The number of anilines is 2. The van der Waals surface area contributed by atoms with Crippen LogP contribution in [-0.2, 0) is 6.54 Å². The monoisotopic (exact) mass is 386 g/mol. The van der Waals surface area contributed by atoms with Crippen LogP contribution in [0.15, 0.2) is 100 Å². The average Bonchev–Trinajstić information content (AvgIpc) is 3.47. The smallest absolute Gasteiger partial charge is 0.294 e. The maximum absolute atomic E-state index is 12.9. The number of hydrogen-bond donors (Lipinski definition) is 1. The van der Waals surface area contributed by atoms with Gasteiger partial charge in [0.15, 0.2) is 11.5 Å². The van der Waals surface area contributed by atoms with Crippen LogP contribution in [-0.4, -0.2) is 11.8 Å². The van der Waals surface area contributed by atoms with Crippen molar-refractivity contribution in [3.05, 3.63) is 108 Å². The van der Waals surface area contributed by atoms with Crippen molar-refractivity contribution < 1.29 is 18.4 Å². The molecule has 0 saturated heterocycles. The standard InChI is InChI=1S/C23H18N2O4/c26-22(20-8-4-14-28-20)24-18-12-10-17(11-13-18)16-25(19-6-2-1-3-7-19)23(27)21-9-5-15-29-21/h1-15H,16H2,(H,24,26). The summed E-state index contributed by atoms with van der Waals surface area (Å²) in [5.41, 5.74) is 2.31. The number of nitrogens with one attached hydrogen (secondary N) is 1. The molecule has 0 saturated carbocycles. The summed E-state index contributed by atoms with van der Waals surface area (Å²) in [7, 11) is 0.